The lowest BCUT2D eigenvalue weighted by Gasteiger charge is -2.29. The summed E-state index contributed by atoms with van der Waals surface area (Å²) in [6.45, 7) is 3.42. The van der Waals surface area contributed by atoms with Crippen LogP contribution in [0, 0.1) is 5.82 Å². The number of carbonyl (C=O) groups excluding carboxylic acids is 2. The standard InChI is InChI=1S/C27H33FN2O5.C2HF3O2.CH4/c28-21-10-7-19(8-11-21)23(31)5-1-2-6-26(32)29-22(18-30-13-3-4-14-30)27(33)20-9-12-24-25(17-20)35-16-15-34-24;3-2(4,5)1(6)7;/h7-12,17,22,27,33H,1-6,13-16,18H2,(H,29,32);(H,6,7);1H4/t22-,27-;;/m1../s1. The van der Waals surface area contributed by atoms with Crippen LogP contribution in [0.3, 0.4) is 0 Å². The number of nitrogens with one attached hydrogen (secondary N) is 1. The third-order valence-electron chi connectivity index (χ3n) is 6.76. The zero-order chi connectivity index (χ0) is 30.7. The highest BCUT2D eigenvalue weighted by Crippen LogP contribution is 2.33. The van der Waals surface area contributed by atoms with Crippen molar-refractivity contribution in [2.75, 3.05) is 32.8 Å². The highest BCUT2D eigenvalue weighted by atomic mass is 19.4. The summed E-state index contributed by atoms with van der Waals surface area (Å²) in [5.74, 6) is -2.09. The van der Waals surface area contributed by atoms with E-state index in [1.54, 1.807) is 12.1 Å². The Balaban J connectivity index is 0.000000721. The largest absolute Gasteiger partial charge is 0.490 e. The molecule has 43 heavy (non-hydrogen) atoms. The molecule has 1 saturated heterocycles. The Bertz CT molecular complexity index is 1200. The molecule has 0 aromatic heterocycles. The van der Waals surface area contributed by atoms with Gasteiger partial charge >= 0.3 is 12.1 Å². The zero-order valence-corrected chi connectivity index (χ0v) is 22.9. The van der Waals surface area contributed by atoms with Crippen molar-refractivity contribution in [1.29, 1.82) is 0 Å². The Morgan fingerprint density at radius 2 is 1.51 bits per heavy atom. The number of aliphatic hydroxyl groups excluding tert-OH is 1. The number of hydrogen-bond donors (Lipinski definition) is 3. The van der Waals surface area contributed by atoms with E-state index in [9.17, 15) is 32.3 Å². The Morgan fingerprint density at radius 1 is 0.930 bits per heavy atom. The number of carboxylic acid groups (broad SMARTS) is 1. The number of benzene rings is 2. The van der Waals surface area contributed by atoms with Crippen molar-refractivity contribution in [2.24, 2.45) is 0 Å². The van der Waals surface area contributed by atoms with E-state index < -0.39 is 24.3 Å². The summed E-state index contributed by atoms with van der Waals surface area (Å²) in [6.07, 6.45) is -2.07. The second kappa shape index (κ2) is 16.8. The number of carboxylic acids is 1. The number of nitrogens with zero attached hydrogens (tertiary/aromatic N) is 1. The number of ketones is 1. The number of likely N-dealkylation sites (tertiary alicyclic amines) is 1. The minimum atomic E-state index is -5.08. The first kappa shape index (κ1) is 35.5. The number of Topliss-reactive ketones (excluding diaryl/α,β-unsaturated/α-hetero) is 1. The minimum absolute atomic E-state index is 0. The maximum absolute atomic E-state index is 13.0. The quantitative estimate of drug-likeness (QED) is 0.185. The number of alkyl halides is 3. The molecule has 13 heteroatoms. The number of ether oxygens (including phenoxy) is 2. The van der Waals surface area contributed by atoms with Gasteiger partial charge in [0.05, 0.1) is 6.04 Å². The fourth-order valence-corrected chi connectivity index (χ4v) is 4.57. The van der Waals surface area contributed by atoms with Crippen molar-refractivity contribution in [3.63, 3.8) is 0 Å². The summed E-state index contributed by atoms with van der Waals surface area (Å²) < 4.78 is 56.0. The molecule has 0 bridgehead atoms. The molecule has 0 saturated carbocycles. The smallest absolute Gasteiger partial charge is 0.486 e. The van der Waals surface area contributed by atoms with E-state index in [1.807, 2.05) is 6.07 Å². The summed E-state index contributed by atoms with van der Waals surface area (Å²) in [7, 11) is 0. The molecule has 2 aromatic carbocycles. The van der Waals surface area contributed by atoms with Gasteiger partial charge in [-0.2, -0.15) is 13.2 Å². The molecular formula is C30H38F4N2O7. The lowest BCUT2D eigenvalue weighted by atomic mass is 10.00. The molecule has 0 spiro atoms. The molecular weight excluding hydrogens is 576 g/mol. The van der Waals surface area contributed by atoms with Gasteiger partial charge in [0.15, 0.2) is 17.3 Å². The Kier molecular flexibility index (Phi) is 13.9. The third kappa shape index (κ3) is 11.5. The van der Waals surface area contributed by atoms with E-state index in [1.165, 1.54) is 24.3 Å². The summed E-state index contributed by atoms with van der Waals surface area (Å²) in [5, 5.41) is 21.3. The van der Waals surface area contributed by atoms with Crippen LogP contribution < -0.4 is 14.8 Å². The number of amides is 1. The average Bonchev–Trinajstić information content (AvgIpc) is 3.47. The second-order valence-electron chi connectivity index (χ2n) is 9.97. The molecule has 2 heterocycles. The van der Waals surface area contributed by atoms with Crippen molar-refractivity contribution in [2.45, 2.75) is 64.3 Å². The van der Waals surface area contributed by atoms with E-state index in [-0.39, 0.29) is 31.4 Å². The van der Waals surface area contributed by atoms with Gasteiger partial charge in [-0.1, -0.05) is 13.5 Å². The number of carbonyl (C=O) groups is 3. The van der Waals surface area contributed by atoms with Crippen molar-refractivity contribution >= 4 is 17.7 Å². The van der Waals surface area contributed by atoms with Crippen molar-refractivity contribution in [3.8, 4) is 11.5 Å². The molecule has 2 aromatic rings. The van der Waals surface area contributed by atoms with E-state index in [2.05, 4.69) is 10.2 Å². The number of rotatable bonds is 11. The van der Waals surface area contributed by atoms with Crippen molar-refractivity contribution in [3.05, 3.63) is 59.4 Å². The first-order valence-corrected chi connectivity index (χ1v) is 13.6. The Hall–Kier alpha value is -3.71. The van der Waals surface area contributed by atoms with Gasteiger partial charge in [-0.05, 0) is 80.7 Å². The summed E-state index contributed by atoms with van der Waals surface area (Å²) in [4.78, 5) is 36.1. The maximum Gasteiger partial charge on any atom is 0.490 e. The molecule has 4 rings (SSSR count). The SMILES string of the molecule is C.O=C(CCCCC(=O)c1ccc(F)cc1)N[C@H](CN1CCCC1)[C@H](O)c1ccc2c(c1)OCCO2.O=C(O)C(F)(F)F. The fourth-order valence-electron chi connectivity index (χ4n) is 4.57. The number of aliphatic hydroxyl groups is 1. The average molecular weight is 615 g/mol. The molecule has 1 fully saturated rings. The van der Waals surface area contributed by atoms with Gasteiger partial charge in [0, 0.05) is 24.9 Å². The number of fused-ring (bicyclic) bond motifs is 1. The predicted molar refractivity (Wildman–Crippen MR) is 150 cm³/mol. The van der Waals surface area contributed by atoms with Crippen LogP contribution in [0.1, 0.15) is 68.0 Å². The van der Waals surface area contributed by atoms with Crippen LogP contribution >= 0.6 is 0 Å². The molecule has 238 valence electrons. The van der Waals surface area contributed by atoms with E-state index in [4.69, 9.17) is 19.4 Å². The first-order chi connectivity index (χ1) is 19.9. The maximum atomic E-state index is 13.0. The molecule has 0 radical (unpaired) electrons. The Morgan fingerprint density at radius 3 is 2.12 bits per heavy atom. The summed E-state index contributed by atoms with van der Waals surface area (Å²) in [6, 6.07) is 10.4. The van der Waals surface area contributed by atoms with Crippen LogP contribution in [0.15, 0.2) is 42.5 Å². The van der Waals surface area contributed by atoms with Gasteiger partial charge in [0.1, 0.15) is 25.1 Å². The van der Waals surface area contributed by atoms with Crippen molar-refractivity contribution in [1.82, 2.24) is 10.2 Å². The molecule has 0 unspecified atom stereocenters. The second-order valence-corrected chi connectivity index (χ2v) is 9.97. The number of unbranched alkanes of at least 4 members (excludes halogenated alkanes) is 1. The van der Waals surface area contributed by atoms with Crippen LogP contribution in [-0.2, 0) is 9.59 Å². The lowest BCUT2D eigenvalue weighted by Crippen LogP contribution is -2.46. The topological polar surface area (TPSA) is 125 Å². The molecule has 2 aliphatic heterocycles. The van der Waals surface area contributed by atoms with Crippen molar-refractivity contribution < 1.29 is 51.6 Å². The Labute approximate surface area is 247 Å². The fraction of sp³-hybridized carbons (Fsp3) is 0.500. The third-order valence-corrected chi connectivity index (χ3v) is 6.76. The molecule has 2 atom stereocenters. The van der Waals surface area contributed by atoms with Gasteiger partial charge in [-0.15, -0.1) is 0 Å². The van der Waals surface area contributed by atoms with Crippen LogP contribution in [0.25, 0.3) is 0 Å². The summed E-state index contributed by atoms with van der Waals surface area (Å²) in [5.41, 5.74) is 1.15. The lowest BCUT2D eigenvalue weighted by molar-refractivity contribution is -0.192. The number of halogens is 4. The monoisotopic (exact) mass is 614 g/mol. The first-order valence-electron chi connectivity index (χ1n) is 13.6. The van der Waals surface area contributed by atoms with Crippen LogP contribution in [0.2, 0.25) is 0 Å². The molecule has 3 N–H and O–H groups in total. The van der Waals surface area contributed by atoms with Gasteiger partial charge in [0.2, 0.25) is 5.91 Å². The normalized spacial score (nSPS) is 15.7. The number of aliphatic carboxylic acids is 1. The van der Waals surface area contributed by atoms with Crippen LogP contribution in [0.5, 0.6) is 11.5 Å². The zero-order valence-electron chi connectivity index (χ0n) is 22.9. The van der Waals surface area contributed by atoms with E-state index in [0.29, 0.717) is 61.6 Å². The highest BCUT2D eigenvalue weighted by Gasteiger charge is 2.38. The van der Waals surface area contributed by atoms with Gasteiger partial charge < -0.3 is 29.9 Å². The molecule has 9 nitrogen and oxygen atoms in total. The van der Waals surface area contributed by atoms with Crippen LogP contribution in [0.4, 0.5) is 17.6 Å². The van der Waals surface area contributed by atoms with Crippen LogP contribution in [-0.4, -0.2) is 77.8 Å². The minimum Gasteiger partial charge on any atom is -0.486 e. The number of hydrogen-bond acceptors (Lipinski definition) is 7. The highest BCUT2D eigenvalue weighted by molar-refractivity contribution is 5.96. The summed E-state index contributed by atoms with van der Waals surface area (Å²) >= 11 is 0. The molecule has 0 aliphatic carbocycles. The van der Waals surface area contributed by atoms with Gasteiger partial charge in [0.25, 0.3) is 0 Å². The van der Waals surface area contributed by atoms with E-state index in [0.717, 1.165) is 25.9 Å². The predicted octanol–water partition coefficient (Wildman–Crippen LogP) is 4.92. The van der Waals surface area contributed by atoms with Gasteiger partial charge in [-0.3, -0.25) is 9.59 Å². The molecule has 2 aliphatic rings. The van der Waals surface area contributed by atoms with E-state index >= 15 is 0 Å². The van der Waals surface area contributed by atoms with Gasteiger partial charge in [-0.25, -0.2) is 9.18 Å². The molecule has 1 amide bonds.